The number of aryl methyl sites for hydroxylation is 1. The van der Waals surface area contributed by atoms with Crippen LogP contribution in [0.1, 0.15) is 24.0 Å². The Morgan fingerprint density at radius 1 is 1.46 bits per heavy atom. The third-order valence-corrected chi connectivity index (χ3v) is 2.63. The van der Waals surface area contributed by atoms with E-state index in [-0.39, 0.29) is 11.2 Å². The molecule has 13 heavy (non-hydrogen) atoms. The molecule has 2 heteroatoms. The van der Waals surface area contributed by atoms with Gasteiger partial charge < -0.3 is 5.11 Å². The van der Waals surface area contributed by atoms with Crippen LogP contribution in [0.15, 0.2) is 18.2 Å². The van der Waals surface area contributed by atoms with Crippen LogP contribution in [-0.4, -0.2) is 5.11 Å². The van der Waals surface area contributed by atoms with Crippen LogP contribution >= 0.6 is 0 Å². The predicted octanol–water partition coefficient (Wildman–Crippen LogP) is 2.26. The number of phenolic OH excluding ortho intramolecular Hbond substituents is 1. The van der Waals surface area contributed by atoms with Crippen molar-refractivity contribution in [1.29, 1.82) is 5.26 Å². The molecule has 1 aliphatic carbocycles. The topological polar surface area (TPSA) is 44.0 Å². The van der Waals surface area contributed by atoms with Crippen LogP contribution in [0.25, 0.3) is 0 Å². The van der Waals surface area contributed by atoms with E-state index in [1.165, 1.54) is 0 Å². The van der Waals surface area contributed by atoms with Crippen molar-refractivity contribution >= 4 is 0 Å². The highest BCUT2D eigenvalue weighted by Gasteiger charge is 2.46. The van der Waals surface area contributed by atoms with Gasteiger partial charge in [-0.2, -0.15) is 5.26 Å². The van der Waals surface area contributed by atoms with Crippen LogP contribution < -0.4 is 0 Å². The second-order valence-electron chi connectivity index (χ2n) is 3.71. The standard InChI is InChI=1S/C11H11NO/c1-8-2-3-10(13)9(6-8)11(7-12)4-5-11/h2-3,6,13H,4-5H2,1H3. The molecule has 0 aromatic heterocycles. The lowest BCUT2D eigenvalue weighted by molar-refractivity contribution is 0.464. The van der Waals surface area contributed by atoms with Crippen LogP contribution in [-0.2, 0) is 5.41 Å². The average molecular weight is 173 g/mol. The molecule has 0 unspecified atom stereocenters. The minimum absolute atomic E-state index is 0.254. The van der Waals surface area contributed by atoms with Crippen LogP contribution in [0.4, 0.5) is 0 Å². The number of phenols is 1. The number of hydrogen-bond donors (Lipinski definition) is 1. The van der Waals surface area contributed by atoms with Crippen LogP contribution in [0.2, 0.25) is 0 Å². The Morgan fingerprint density at radius 2 is 2.15 bits per heavy atom. The highest BCUT2D eigenvalue weighted by atomic mass is 16.3. The van der Waals surface area contributed by atoms with E-state index in [0.29, 0.717) is 0 Å². The zero-order chi connectivity index (χ0) is 9.47. The van der Waals surface area contributed by atoms with Crippen molar-refractivity contribution in [2.75, 3.05) is 0 Å². The Kier molecular flexibility index (Phi) is 1.56. The van der Waals surface area contributed by atoms with Gasteiger partial charge in [-0.25, -0.2) is 0 Å². The monoisotopic (exact) mass is 173 g/mol. The molecule has 1 aromatic rings. The van der Waals surface area contributed by atoms with E-state index in [2.05, 4.69) is 6.07 Å². The van der Waals surface area contributed by atoms with E-state index in [1.54, 1.807) is 6.07 Å². The zero-order valence-corrected chi connectivity index (χ0v) is 7.54. The maximum absolute atomic E-state index is 9.59. The minimum Gasteiger partial charge on any atom is -0.508 e. The summed E-state index contributed by atoms with van der Waals surface area (Å²) in [5.41, 5.74) is 1.51. The molecule has 1 saturated carbocycles. The van der Waals surface area contributed by atoms with E-state index in [9.17, 15) is 5.11 Å². The Morgan fingerprint density at radius 3 is 2.69 bits per heavy atom. The van der Waals surface area contributed by atoms with E-state index in [0.717, 1.165) is 24.0 Å². The Balaban J connectivity index is 2.52. The van der Waals surface area contributed by atoms with Gasteiger partial charge in [-0.3, -0.25) is 0 Å². The summed E-state index contributed by atoms with van der Waals surface area (Å²) < 4.78 is 0. The predicted molar refractivity (Wildman–Crippen MR) is 49.4 cm³/mol. The highest BCUT2D eigenvalue weighted by molar-refractivity contribution is 5.48. The molecule has 1 fully saturated rings. The Hall–Kier alpha value is -1.49. The lowest BCUT2D eigenvalue weighted by Gasteiger charge is -2.09. The van der Waals surface area contributed by atoms with Crippen LogP contribution in [0.5, 0.6) is 5.75 Å². The molecule has 0 aliphatic heterocycles. The van der Waals surface area contributed by atoms with Gasteiger partial charge in [-0.15, -0.1) is 0 Å². The fourth-order valence-electron chi connectivity index (χ4n) is 1.60. The van der Waals surface area contributed by atoms with Gasteiger partial charge in [0.1, 0.15) is 5.75 Å². The summed E-state index contributed by atoms with van der Waals surface area (Å²) in [5.74, 6) is 0.254. The maximum Gasteiger partial charge on any atom is 0.120 e. The lowest BCUT2D eigenvalue weighted by Crippen LogP contribution is -2.02. The molecule has 2 nitrogen and oxygen atoms in total. The molecule has 0 heterocycles. The van der Waals surface area contributed by atoms with E-state index >= 15 is 0 Å². The second kappa shape index (κ2) is 2.50. The molecule has 66 valence electrons. The van der Waals surface area contributed by atoms with E-state index in [1.807, 2.05) is 19.1 Å². The summed E-state index contributed by atoms with van der Waals surface area (Å²) in [5, 5.41) is 18.6. The molecule has 0 saturated heterocycles. The van der Waals surface area contributed by atoms with Crippen molar-refractivity contribution in [3.63, 3.8) is 0 Å². The van der Waals surface area contributed by atoms with Gasteiger partial charge >= 0.3 is 0 Å². The van der Waals surface area contributed by atoms with Gasteiger partial charge in [0.05, 0.1) is 11.5 Å². The Bertz CT molecular complexity index is 386. The summed E-state index contributed by atoms with van der Waals surface area (Å²) in [6.07, 6.45) is 1.75. The molecule has 0 bridgehead atoms. The summed E-state index contributed by atoms with van der Waals surface area (Å²) >= 11 is 0. The highest BCUT2D eigenvalue weighted by Crippen LogP contribution is 2.50. The molecular weight excluding hydrogens is 162 g/mol. The number of rotatable bonds is 1. The van der Waals surface area contributed by atoms with E-state index in [4.69, 9.17) is 5.26 Å². The molecule has 1 aliphatic rings. The summed E-state index contributed by atoms with van der Waals surface area (Å²) in [6, 6.07) is 7.71. The molecular formula is C11H11NO. The van der Waals surface area contributed by atoms with Gasteiger partial charge in [0, 0.05) is 5.56 Å². The zero-order valence-electron chi connectivity index (χ0n) is 7.54. The second-order valence-corrected chi connectivity index (χ2v) is 3.71. The van der Waals surface area contributed by atoms with Crippen molar-refractivity contribution in [1.82, 2.24) is 0 Å². The van der Waals surface area contributed by atoms with Gasteiger partial charge in [0.15, 0.2) is 0 Å². The fraction of sp³-hybridized carbons (Fsp3) is 0.364. The van der Waals surface area contributed by atoms with Gasteiger partial charge in [-0.1, -0.05) is 17.7 Å². The molecule has 0 amide bonds. The number of aromatic hydroxyl groups is 1. The first-order valence-corrected chi connectivity index (χ1v) is 4.39. The fourth-order valence-corrected chi connectivity index (χ4v) is 1.60. The average Bonchev–Trinajstić information content (AvgIpc) is 2.90. The Labute approximate surface area is 77.4 Å². The quantitative estimate of drug-likeness (QED) is 0.707. The molecule has 1 aromatic carbocycles. The number of hydrogen-bond acceptors (Lipinski definition) is 2. The first-order chi connectivity index (χ1) is 6.18. The number of benzene rings is 1. The van der Waals surface area contributed by atoms with Crippen molar-refractivity contribution in [2.24, 2.45) is 0 Å². The molecule has 0 radical (unpaired) electrons. The molecule has 1 N–H and O–H groups in total. The number of nitrogens with zero attached hydrogens (tertiary/aromatic N) is 1. The van der Waals surface area contributed by atoms with Gasteiger partial charge in [0.25, 0.3) is 0 Å². The largest absolute Gasteiger partial charge is 0.508 e. The SMILES string of the molecule is Cc1ccc(O)c(C2(C#N)CC2)c1. The molecule has 0 spiro atoms. The van der Waals surface area contributed by atoms with Crippen molar-refractivity contribution in [3.05, 3.63) is 29.3 Å². The third kappa shape index (κ3) is 1.17. The summed E-state index contributed by atoms with van der Waals surface area (Å²) in [7, 11) is 0. The smallest absolute Gasteiger partial charge is 0.120 e. The van der Waals surface area contributed by atoms with Crippen LogP contribution in [0.3, 0.4) is 0 Å². The van der Waals surface area contributed by atoms with Crippen molar-refractivity contribution < 1.29 is 5.11 Å². The molecule has 0 atom stereocenters. The third-order valence-electron chi connectivity index (χ3n) is 2.63. The summed E-state index contributed by atoms with van der Waals surface area (Å²) in [6.45, 7) is 1.97. The molecule has 2 rings (SSSR count). The normalized spacial score (nSPS) is 17.8. The van der Waals surface area contributed by atoms with Gasteiger partial charge in [-0.05, 0) is 25.8 Å². The first kappa shape index (κ1) is 8.12. The van der Waals surface area contributed by atoms with Gasteiger partial charge in [0.2, 0.25) is 0 Å². The summed E-state index contributed by atoms with van der Waals surface area (Å²) in [4.78, 5) is 0. The first-order valence-electron chi connectivity index (χ1n) is 4.39. The number of nitriles is 1. The van der Waals surface area contributed by atoms with Crippen molar-refractivity contribution in [3.8, 4) is 11.8 Å². The van der Waals surface area contributed by atoms with E-state index < -0.39 is 0 Å². The minimum atomic E-state index is -0.379. The lowest BCUT2D eigenvalue weighted by atomic mass is 9.95. The van der Waals surface area contributed by atoms with Crippen molar-refractivity contribution in [2.45, 2.75) is 25.2 Å². The van der Waals surface area contributed by atoms with Crippen LogP contribution in [0, 0.1) is 18.3 Å². The maximum atomic E-state index is 9.59.